The van der Waals surface area contributed by atoms with E-state index in [0.29, 0.717) is 0 Å². The van der Waals surface area contributed by atoms with Crippen LogP contribution < -0.4 is 5.32 Å². The molecule has 0 unspecified atom stereocenters. The van der Waals surface area contributed by atoms with Crippen LogP contribution in [0, 0.1) is 6.92 Å². The molecule has 2 heteroatoms. The Morgan fingerprint density at radius 2 is 1.75 bits per heavy atom. The van der Waals surface area contributed by atoms with Crippen molar-refractivity contribution in [3.8, 4) is 0 Å². The summed E-state index contributed by atoms with van der Waals surface area (Å²) in [6, 6.07) is 16.2. The van der Waals surface area contributed by atoms with Crippen LogP contribution in [0.5, 0.6) is 0 Å². The summed E-state index contributed by atoms with van der Waals surface area (Å²) >= 11 is 6.22. The molecule has 0 saturated carbocycles. The molecule has 16 heavy (non-hydrogen) atoms. The summed E-state index contributed by atoms with van der Waals surface area (Å²) in [7, 11) is 0. The van der Waals surface area contributed by atoms with Crippen LogP contribution in [0.1, 0.15) is 11.1 Å². The molecule has 2 aromatic rings. The number of para-hydroxylation sites is 1. The summed E-state index contributed by atoms with van der Waals surface area (Å²) in [4.78, 5) is 0. The van der Waals surface area contributed by atoms with Gasteiger partial charge >= 0.3 is 0 Å². The molecule has 0 spiro atoms. The molecule has 2 rings (SSSR count). The van der Waals surface area contributed by atoms with Crippen LogP contribution in [0.4, 0.5) is 5.69 Å². The van der Waals surface area contributed by atoms with Gasteiger partial charge in [-0.15, -0.1) is 0 Å². The van der Waals surface area contributed by atoms with Gasteiger partial charge < -0.3 is 5.32 Å². The molecular weight excluding hydrogens is 218 g/mol. The second kappa shape index (κ2) is 5.04. The zero-order chi connectivity index (χ0) is 11.4. The summed E-state index contributed by atoms with van der Waals surface area (Å²) in [6.07, 6.45) is 0. The maximum atomic E-state index is 6.22. The van der Waals surface area contributed by atoms with Crippen molar-refractivity contribution < 1.29 is 0 Å². The van der Waals surface area contributed by atoms with E-state index in [1.54, 1.807) is 0 Å². The van der Waals surface area contributed by atoms with Crippen molar-refractivity contribution in [2.45, 2.75) is 13.5 Å². The number of halogens is 1. The quantitative estimate of drug-likeness (QED) is 0.832. The van der Waals surface area contributed by atoms with Gasteiger partial charge in [0, 0.05) is 17.3 Å². The fourth-order valence-corrected chi connectivity index (χ4v) is 1.79. The first-order valence-electron chi connectivity index (χ1n) is 5.30. The van der Waals surface area contributed by atoms with Crippen molar-refractivity contribution in [3.63, 3.8) is 0 Å². The standard InChI is InChI=1S/C14H14ClN/c1-11-6-5-7-12(14(11)15)10-16-13-8-3-2-4-9-13/h2-9,16H,10H2,1H3. The molecule has 1 N–H and O–H groups in total. The van der Waals surface area contributed by atoms with Gasteiger partial charge in [0.2, 0.25) is 0 Å². The fourth-order valence-electron chi connectivity index (χ4n) is 1.60. The molecule has 0 radical (unpaired) electrons. The van der Waals surface area contributed by atoms with Crippen LogP contribution in [0.15, 0.2) is 48.5 Å². The lowest BCUT2D eigenvalue weighted by atomic mass is 10.1. The predicted molar refractivity (Wildman–Crippen MR) is 70.0 cm³/mol. The minimum Gasteiger partial charge on any atom is -0.381 e. The van der Waals surface area contributed by atoms with Crippen LogP contribution >= 0.6 is 11.6 Å². The highest BCUT2D eigenvalue weighted by Crippen LogP contribution is 2.21. The van der Waals surface area contributed by atoms with Gasteiger partial charge in [-0.05, 0) is 30.2 Å². The van der Waals surface area contributed by atoms with E-state index >= 15 is 0 Å². The van der Waals surface area contributed by atoms with Gasteiger partial charge in [-0.3, -0.25) is 0 Å². The highest BCUT2D eigenvalue weighted by atomic mass is 35.5. The zero-order valence-electron chi connectivity index (χ0n) is 9.20. The van der Waals surface area contributed by atoms with E-state index in [0.717, 1.165) is 28.4 Å². The van der Waals surface area contributed by atoms with Gasteiger partial charge in [-0.25, -0.2) is 0 Å². The lowest BCUT2D eigenvalue weighted by Gasteiger charge is -2.09. The Bertz CT molecular complexity index is 465. The molecule has 1 nitrogen and oxygen atoms in total. The third-order valence-corrected chi connectivity index (χ3v) is 3.07. The number of benzene rings is 2. The van der Waals surface area contributed by atoms with Gasteiger partial charge in [0.25, 0.3) is 0 Å². The minimum atomic E-state index is 0.754. The summed E-state index contributed by atoms with van der Waals surface area (Å²) in [5.41, 5.74) is 3.36. The van der Waals surface area contributed by atoms with Gasteiger partial charge in [-0.2, -0.15) is 0 Å². The van der Waals surface area contributed by atoms with E-state index in [2.05, 4.69) is 5.32 Å². The molecule has 0 saturated heterocycles. The first-order valence-corrected chi connectivity index (χ1v) is 5.68. The third kappa shape index (κ3) is 2.56. The van der Waals surface area contributed by atoms with Gasteiger partial charge in [0.15, 0.2) is 0 Å². The van der Waals surface area contributed by atoms with Crippen molar-refractivity contribution in [2.75, 3.05) is 5.32 Å². The van der Waals surface area contributed by atoms with Crippen molar-refractivity contribution in [1.82, 2.24) is 0 Å². The van der Waals surface area contributed by atoms with Crippen LogP contribution in [-0.2, 0) is 6.54 Å². The number of aryl methyl sites for hydroxylation is 1. The van der Waals surface area contributed by atoms with Gasteiger partial charge in [0.05, 0.1) is 0 Å². The number of hydrogen-bond acceptors (Lipinski definition) is 1. The monoisotopic (exact) mass is 231 g/mol. The van der Waals surface area contributed by atoms with Gasteiger partial charge in [-0.1, -0.05) is 48.0 Å². The maximum Gasteiger partial charge on any atom is 0.0485 e. The molecule has 0 heterocycles. The van der Waals surface area contributed by atoms with Crippen molar-refractivity contribution >= 4 is 17.3 Å². The Morgan fingerprint density at radius 3 is 2.50 bits per heavy atom. The smallest absolute Gasteiger partial charge is 0.0485 e. The molecule has 0 aliphatic carbocycles. The fraction of sp³-hybridized carbons (Fsp3) is 0.143. The molecule has 0 amide bonds. The Morgan fingerprint density at radius 1 is 1.00 bits per heavy atom. The molecule has 0 fully saturated rings. The lowest BCUT2D eigenvalue weighted by Crippen LogP contribution is -2.00. The van der Waals surface area contributed by atoms with E-state index in [-0.39, 0.29) is 0 Å². The molecule has 0 aliphatic rings. The van der Waals surface area contributed by atoms with E-state index in [1.165, 1.54) is 0 Å². The highest BCUT2D eigenvalue weighted by molar-refractivity contribution is 6.32. The predicted octanol–water partition coefficient (Wildman–Crippen LogP) is 4.26. The molecule has 0 bridgehead atoms. The largest absolute Gasteiger partial charge is 0.381 e. The molecule has 0 aromatic heterocycles. The Balaban J connectivity index is 2.08. The van der Waals surface area contributed by atoms with E-state index in [1.807, 2.05) is 55.5 Å². The van der Waals surface area contributed by atoms with Crippen LogP contribution in [0.3, 0.4) is 0 Å². The average molecular weight is 232 g/mol. The number of rotatable bonds is 3. The van der Waals surface area contributed by atoms with Crippen molar-refractivity contribution in [2.24, 2.45) is 0 Å². The highest BCUT2D eigenvalue weighted by Gasteiger charge is 2.01. The van der Waals surface area contributed by atoms with Crippen molar-refractivity contribution in [3.05, 3.63) is 64.7 Å². The topological polar surface area (TPSA) is 12.0 Å². The third-order valence-electron chi connectivity index (χ3n) is 2.53. The Labute approximate surface area is 101 Å². The first-order chi connectivity index (χ1) is 7.77. The number of anilines is 1. The minimum absolute atomic E-state index is 0.754. The van der Waals surface area contributed by atoms with Crippen LogP contribution in [0.2, 0.25) is 5.02 Å². The first kappa shape index (κ1) is 11.0. The van der Waals surface area contributed by atoms with E-state index < -0.39 is 0 Å². The van der Waals surface area contributed by atoms with E-state index in [9.17, 15) is 0 Å². The molecule has 82 valence electrons. The van der Waals surface area contributed by atoms with Gasteiger partial charge in [0.1, 0.15) is 0 Å². The number of nitrogens with one attached hydrogen (secondary N) is 1. The molecule has 2 aromatic carbocycles. The summed E-state index contributed by atoms with van der Waals surface area (Å²) in [6.45, 7) is 2.78. The Hall–Kier alpha value is -1.47. The van der Waals surface area contributed by atoms with Crippen LogP contribution in [-0.4, -0.2) is 0 Å². The normalized spacial score (nSPS) is 10.1. The molecule has 0 atom stereocenters. The van der Waals surface area contributed by atoms with Crippen molar-refractivity contribution in [1.29, 1.82) is 0 Å². The zero-order valence-corrected chi connectivity index (χ0v) is 9.96. The second-order valence-electron chi connectivity index (χ2n) is 3.77. The molecule has 0 aliphatic heterocycles. The lowest BCUT2D eigenvalue weighted by molar-refractivity contribution is 1.14. The van der Waals surface area contributed by atoms with Crippen LogP contribution in [0.25, 0.3) is 0 Å². The molecular formula is C14H14ClN. The number of hydrogen-bond donors (Lipinski definition) is 1. The summed E-state index contributed by atoms with van der Waals surface area (Å²) in [5.74, 6) is 0. The summed E-state index contributed by atoms with van der Waals surface area (Å²) < 4.78 is 0. The summed E-state index contributed by atoms with van der Waals surface area (Å²) in [5, 5.41) is 4.20. The SMILES string of the molecule is Cc1cccc(CNc2ccccc2)c1Cl. The van der Waals surface area contributed by atoms with E-state index in [4.69, 9.17) is 11.6 Å². The average Bonchev–Trinajstić information content (AvgIpc) is 2.32. The Kier molecular flexibility index (Phi) is 3.47. The maximum absolute atomic E-state index is 6.22. The second-order valence-corrected chi connectivity index (χ2v) is 4.15.